The van der Waals surface area contributed by atoms with E-state index in [1.807, 2.05) is 20.2 Å². The Morgan fingerprint density at radius 3 is 2.76 bits per heavy atom. The van der Waals surface area contributed by atoms with Crippen LogP contribution in [-0.4, -0.2) is 56.8 Å². The zero-order valence-corrected chi connectivity index (χ0v) is 13.1. The van der Waals surface area contributed by atoms with Gasteiger partial charge in [-0.3, -0.25) is 4.90 Å². The number of nitrogens with one attached hydrogen (secondary N) is 1. The molecule has 2 heterocycles. The van der Waals surface area contributed by atoms with Gasteiger partial charge in [0.25, 0.3) is 0 Å². The second-order valence-corrected chi connectivity index (χ2v) is 5.51. The summed E-state index contributed by atoms with van der Waals surface area (Å²) in [5.41, 5.74) is 2.06. The third kappa shape index (κ3) is 3.79. The summed E-state index contributed by atoms with van der Waals surface area (Å²) < 4.78 is 5.40. The number of pyridine rings is 1. The normalized spacial score (nSPS) is 16.3. The van der Waals surface area contributed by atoms with E-state index >= 15 is 0 Å². The maximum absolute atomic E-state index is 5.40. The van der Waals surface area contributed by atoms with Crippen LogP contribution in [-0.2, 0) is 0 Å². The molecule has 0 atom stereocenters. The molecule has 5 heteroatoms. The van der Waals surface area contributed by atoms with Crippen LogP contribution in [0.15, 0.2) is 12.3 Å². The zero-order chi connectivity index (χ0) is 15.2. The zero-order valence-electron chi connectivity index (χ0n) is 13.1. The van der Waals surface area contributed by atoms with Gasteiger partial charge in [-0.1, -0.05) is 5.92 Å². The van der Waals surface area contributed by atoms with Crippen LogP contribution < -0.4 is 15.0 Å². The van der Waals surface area contributed by atoms with Crippen molar-refractivity contribution in [2.45, 2.75) is 18.9 Å². The molecule has 1 aliphatic heterocycles. The summed E-state index contributed by atoms with van der Waals surface area (Å²) in [7, 11) is 5.70. The average Bonchev–Trinajstić information content (AvgIpc) is 2.49. The smallest absolute Gasteiger partial charge is 0.239 e. The van der Waals surface area contributed by atoms with Crippen LogP contribution in [0.1, 0.15) is 12.8 Å². The van der Waals surface area contributed by atoms with E-state index in [2.05, 4.69) is 26.0 Å². The van der Waals surface area contributed by atoms with Gasteiger partial charge in [-0.15, -0.1) is 6.42 Å². The number of ether oxygens (including phenoxy) is 1. The lowest BCUT2D eigenvalue weighted by Crippen LogP contribution is -2.39. The van der Waals surface area contributed by atoms with Crippen molar-refractivity contribution in [2.75, 3.05) is 51.1 Å². The Kier molecular flexibility index (Phi) is 5.29. The fraction of sp³-hybridized carbons (Fsp3) is 0.562. The molecule has 0 amide bonds. The average molecular weight is 288 g/mol. The lowest BCUT2D eigenvalue weighted by Gasteiger charge is -2.32. The maximum Gasteiger partial charge on any atom is 0.239 e. The highest BCUT2D eigenvalue weighted by Gasteiger charge is 2.21. The van der Waals surface area contributed by atoms with E-state index in [9.17, 15) is 0 Å². The highest BCUT2D eigenvalue weighted by molar-refractivity contribution is 5.74. The van der Waals surface area contributed by atoms with Crippen LogP contribution in [0, 0.1) is 12.3 Å². The Balaban J connectivity index is 2.08. The Bertz CT molecular complexity index is 501. The topological polar surface area (TPSA) is 40.6 Å². The number of anilines is 2. The third-order valence-electron chi connectivity index (χ3n) is 3.82. The number of terminal acetylenes is 1. The molecule has 1 aromatic rings. The number of methoxy groups -OCH3 is 1. The summed E-state index contributed by atoms with van der Waals surface area (Å²) in [5, 5.41) is 3.61. The quantitative estimate of drug-likeness (QED) is 0.835. The molecule has 0 aromatic carbocycles. The maximum atomic E-state index is 5.40. The van der Waals surface area contributed by atoms with Crippen molar-refractivity contribution in [3.63, 3.8) is 0 Å². The van der Waals surface area contributed by atoms with Crippen molar-refractivity contribution in [3.05, 3.63) is 12.3 Å². The molecule has 2 rings (SSSR count). The SMILES string of the molecule is C#CCN1CCC(Nc2c(N(C)C)ccnc2OC)CC1. The second-order valence-electron chi connectivity index (χ2n) is 5.51. The highest BCUT2D eigenvalue weighted by Crippen LogP contribution is 2.33. The van der Waals surface area contributed by atoms with Gasteiger partial charge in [0.1, 0.15) is 5.69 Å². The van der Waals surface area contributed by atoms with Gasteiger partial charge in [0.2, 0.25) is 5.88 Å². The van der Waals surface area contributed by atoms with E-state index in [1.165, 1.54) is 0 Å². The summed E-state index contributed by atoms with van der Waals surface area (Å²) in [6, 6.07) is 2.43. The van der Waals surface area contributed by atoms with Gasteiger partial charge < -0.3 is 15.0 Å². The molecule has 0 radical (unpaired) electrons. The molecule has 0 saturated carbocycles. The molecule has 0 aliphatic carbocycles. The van der Waals surface area contributed by atoms with Crippen molar-refractivity contribution in [2.24, 2.45) is 0 Å². The molecule has 1 aliphatic rings. The summed E-state index contributed by atoms with van der Waals surface area (Å²) in [6.07, 6.45) is 9.30. The fourth-order valence-corrected chi connectivity index (χ4v) is 2.66. The summed E-state index contributed by atoms with van der Waals surface area (Å²) in [4.78, 5) is 8.68. The first-order valence-corrected chi connectivity index (χ1v) is 7.28. The van der Waals surface area contributed by atoms with Gasteiger partial charge in [0.15, 0.2) is 0 Å². The molecule has 1 fully saturated rings. The van der Waals surface area contributed by atoms with Crippen molar-refractivity contribution in [1.82, 2.24) is 9.88 Å². The van der Waals surface area contributed by atoms with E-state index in [1.54, 1.807) is 13.3 Å². The summed E-state index contributed by atoms with van der Waals surface area (Å²) in [5.74, 6) is 3.36. The summed E-state index contributed by atoms with van der Waals surface area (Å²) >= 11 is 0. The number of piperidine rings is 1. The largest absolute Gasteiger partial charge is 0.479 e. The van der Waals surface area contributed by atoms with Crippen LogP contribution in [0.5, 0.6) is 5.88 Å². The van der Waals surface area contributed by atoms with Gasteiger partial charge in [-0.2, -0.15) is 0 Å². The molecule has 21 heavy (non-hydrogen) atoms. The third-order valence-corrected chi connectivity index (χ3v) is 3.82. The molecule has 1 aromatic heterocycles. The van der Waals surface area contributed by atoms with Crippen LogP contribution in [0.2, 0.25) is 0 Å². The van der Waals surface area contributed by atoms with Crippen molar-refractivity contribution in [3.8, 4) is 18.2 Å². The molecular weight excluding hydrogens is 264 g/mol. The van der Waals surface area contributed by atoms with Crippen molar-refractivity contribution >= 4 is 11.4 Å². The van der Waals surface area contributed by atoms with E-state index in [0.29, 0.717) is 11.9 Å². The lowest BCUT2D eigenvalue weighted by atomic mass is 10.0. The standard InChI is InChI=1S/C16H24N4O/c1-5-10-20-11-7-13(8-12-20)18-15-14(19(2)3)6-9-17-16(15)21-4/h1,6,9,13,18H,7-8,10-12H2,2-4H3. The molecule has 5 nitrogen and oxygen atoms in total. The minimum Gasteiger partial charge on any atom is -0.479 e. The second kappa shape index (κ2) is 7.19. The fourth-order valence-electron chi connectivity index (χ4n) is 2.66. The van der Waals surface area contributed by atoms with E-state index < -0.39 is 0 Å². The van der Waals surface area contributed by atoms with Crippen LogP contribution in [0.25, 0.3) is 0 Å². The number of aromatic nitrogens is 1. The Hall–Kier alpha value is -1.93. The first-order valence-electron chi connectivity index (χ1n) is 7.28. The first-order chi connectivity index (χ1) is 10.2. The van der Waals surface area contributed by atoms with Gasteiger partial charge in [-0.25, -0.2) is 4.98 Å². The van der Waals surface area contributed by atoms with Crippen molar-refractivity contribution in [1.29, 1.82) is 0 Å². The molecule has 1 N–H and O–H groups in total. The number of rotatable bonds is 5. The highest BCUT2D eigenvalue weighted by atomic mass is 16.5. The Labute approximate surface area is 127 Å². The van der Waals surface area contributed by atoms with Gasteiger partial charge in [0.05, 0.1) is 19.3 Å². The van der Waals surface area contributed by atoms with Gasteiger partial charge >= 0.3 is 0 Å². The van der Waals surface area contributed by atoms with E-state index in [0.717, 1.165) is 43.9 Å². The first kappa shape index (κ1) is 15.5. The number of likely N-dealkylation sites (tertiary alicyclic amines) is 1. The molecular formula is C16H24N4O. The number of nitrogens with zero attached hydrogens (tertiary/aromatic N) is 3. The molecule has 0 bridgehead atoms. The predicted molar refractivity (Wildman–Crippen MR) is 87.0 cm³/mol. The number of hydrogen-bond acceptors (Lipinski definition) is 5. The monoisotopic (exact) mass is 288 g/mol. The van der Waals surface area contributed by atoms with Gasteiger partial charge in [-0.05, 0) is 18.9 Å². The predicted octanol–water partition coefficient (Wildman–Crippen LogP) is 1.67. The van der Waals surface area contributed by atoms with E-state index in [4.69, 9.17) is 11.2 Å². The Morgan fingerprint density at radius 2 is 2.19 bits per heavy atom. The Morgan fingerprint density at radius 1 is 1.48 bits per heavy atom. The molecule has 0 spiro atoms. The van der Waals surface area contributed by atoms with Crippen LogP contribution in [0.4, 0.5) is 11.4 Å². The number of hydrogen-bond donors (Lipinski definition) is 1. The van der Waals surface area contributed by atoms with Gasteiger partial charge in [0, 0.05) is 39.4 Å². The molecule has 0 unspecified atom stereocenters. The molecule has 1 saturated heterocycles. The van der Waals surface area contributed by atoms with Crippen molar-refractivity contribution < 1.29 is 4.74 Å². The minimum absolute atomic E-state index is 0.427. The lowest BCUT2D eigenvalue weighted by molar-refractivity contribution is 0.243. The minimum atomic E-state index is 0.427. The summed E-state index contributed by atoms with van der Waals surface area (Å²) in [6.45, 7) is 2.80. The molecule has 114 valence electrons. The van der Waals surface area contributed by atoms with Crippen LogP contribution >= 0.6 is 0 Å². The van der Waals surface area contributed by atoms with Crippen LogP contribution in [0.3, 0.4) is 0 Å². The van der Waals surface area contributed by atoms with E-state index in [-0.39, 0.29) is 0 Å².